The third kappa shape index (κ3) is 3.89. The number of nitrogens with zero attached hydrogens (tertiary/aromatic N) is 3. The number of aromatic nitrogens is 3. The van der Waals surface area contributed by atoms with Crippen molar-refractivity contribution in [1.82, 2.24) is 14.1 Å². The topological polar surface area (TPSA) is 60.1 Å². The zero-order valence-corrected chi connectivity index (χ0v) is 21.3. The van der Waals surface area contributed by atoms with E-state index in [0.717, 1.165) is 50.7 Å². The molecule has 37 heavy (non-hydrogen) atoms. The van der Waals surface area contributed by atoms with E-state index in [-0.39, 0.29) is 5.56 Å². The third-order valence-corrected chi connectivity index (χ3v) is 6.67. The highest BCUT2D eigenvalue weighted by atomic mass is 16.4. The maximum atomic E-state index is 12.3. The van der Waals surface area contributed by atoms with Crippen LogP contribution in [0.4, 0.5) is 0 Å². The summed E-state index contributed by atoms with van der Waals surface area (Å²) in [5.74, 6) is 0.0987. The lowest BCUT2D eigenvalue weighted by Gasteiger charge is -2.15. The van der Waals surface area contributed by atoms with Gasteiger partial charge in [0.05, 0.1) is 22.3 Å². The summed E-state index contributed by atoms with van der Waals surface area (Å²) >= 11 is 0. The molecule has 0 saturated carbocycles. The van der Waals surface area contributed by atoms with Gasteiger partial charge in [0.25, 0.3) is 0 Å². The molecule has 0 saturated heterocycles. The van der Waals surface area contributed by atoms with E-state index >= 15 is 0 Å². The van der Waals surface area contributed by atoms with Crippen LogP contribution in [0.15, 0.2) is 79.4 Å². The number of aromatic carboxylic acids is 1. The SMILES string of the molecule is C=Cc1c(C=CC)c2ccccc2n1-c1cc(C(=O)O)cc(-n2c(CC)c(C=CC)c3ccccc32)n1. The maximum absolute atomic E-state index is 12.3. The van der Waals surface area contributed by atoms with E-state index in [9.17, 15) is 9.90 Å². The summed E-state index contributed by atoms with van der Waals surface area (Å²) in [7, 11) is 0. The molecule has 0 spiro atoms. The lowest BCUT2D eigenvalue weighted by atomic mass is 10.1. The van der Waals surface area contributed by atoms with Crippen molar-refractivity contribution in [3.05, 3.63) is 107 Å². The Morgan fingerprint density at radius 2 is 1.43 bits per heavy atom. The minimum absolute atomic E-state index is 0.174. The highest BCUT2D eigenvalue weighted by Gasteiger charge is 2.21. The predicted molar refractivity (Wildman–Crippen MR) is 154 cm³/mol. The van der Waals surface area contributed by atoms with Gasteiger partial charge < -0.3 is 5.11 Å². The number of carboxylic acids is 1. The number of hydrogen-bond acceptors (Lipinski definition) is 2. The summed E-state index contributed by atoms with van der Waals surface area (Å²) in [6.07, 6.45) is 10.8. The fourth-order valence-corrected chi connectivity index (χ4v) is 5.21. The molecule has 0 atom stereocenters. The van der Waals surface area contributed by atoms with Crippen LogP contribution < -0.4 is 0 Å². The molecule has 0 amide bonds. The van der Waals surface area contributed by atoms with Crippen LogP contribution in [-0.4, -0.2) is 25.2 Å². The molecule has 0 fully saturated rings. The first kappa shape index (κ1) is 24.1. The monoisotopic (exact) mass is 487 g/mol. The molecular formula is C32H29N3O2. The Labute approximate surface area is 216 Å². The highest BCUT2D eigenvalue weighted by Crippen LogP contribution is 2.34. The average molecular weight is 488 g/mol. The van der Waals surface area contributed by atoms with E-state index < -0.39 is 5.97 Å². The van der Waals surface area contributed by atoms with Crippen molar-refractivity contribution in [2.75, 3.05) is 0 Å². The minimum Gasteiger partial charge on any atom is -0.478 e. The Kier molecular flexibility index (Phi) is 6.36. The van der Waals surface area contributed by atoms with Crippen molar-refractivity contribution < 1.29 is 9.90 Å². The first-order valence-corrected chi connectivity index (χ1v) is 12.4. The second-order valence-electron chi connectivity index (χ2n) is 8.80. The van der Waals surface area contributed by atoms with Crippen LogP contribution in [0.3, 0.4) is 0 Å². The number of pyridine rings is 1. The van der Waals surface area contributed by atoms with Crippen molar-refractivity contribution in [3.63, 3.8) is 0 Å². The van der Waals surface area contributed by atoms with Gasteiger partial charge in [0, 0.05) is 27.6 Å². The lowest BCUT2D eigenvalue weighted by Crippen LogP contribution is -2.10. The molecule has 5 nitrogen and oxygen atoms in total. The summed E-state index contributed by atoms with van der Waals surface area (Å²) in [5, 5.41) is 12.3. The predicted octanol–water partition coefficient (Wildman–Crippen LogP) is 7.94. The second-order valence-corrected chi connectivity index (χ2v) is 8.80. The first-order valence-electron chi connectivity index (χ1n) is 12.4. The summed E-state index contributed by atoms with van der Waals surface area (Å²) in [4.78, 5) is 17.4. The van der Waals surface area contributed by atoms with Gasteiger partial charge in [0.1, 0.15) is 11.6 Å². The molecule has 3 heterocycles. The average Bonchev–Trinajstić information content (AvgIpc) is 3.41. The molecule has 2 aromatic carbocycles. The Balaban J connectivity index is 1.90. The molecule has 5 heteroatoms. The van der Waals surface area contributed by atoms with E-state index in [4.69, 9.17) is 4.98 Å². The molecule has 5 aromatic rings. The second kappa shape index (κ2) is 9.78. The molecule has 0 bridgehead atoms. The Morgan fingerprint density at radius 3 is 2.00 bits per heavy atom. The van der Waals surface area contributed by atoms with Crippen LogP contribution in [0.5, 0.6) is 0 Å². The molecule has 0 radical (unpaired) electrons. The smallest absolute Gasteiger partial charge is 0.335 e. The number of rotatable bonds is 7. The van der Waals surface area contributed by atoms with Gasteiger partial charge in [-0.1, -0.05) is 74.2 Å². The summed E-state index contributed by atoms with van der Waals surface area (Å²) in [6, 6.07) is 19.5. The van der Waals surface area contributed by atoms with Gasteiger partial charge >= 0.3 is 5.97 Å². The van der Waals surface area contributed by atoms with E-state index in [1.165, 1.54) is 0 Å². The maximum Gasteiger partial charge on any atom is 0.335 e. The lowest BCUT2D eigenvalue weighted by molar-refractivity contribution is 0.0696. The van der Waals surface area contributed by atoms with Crippen molar-refractivity contribution in [2.45, 2.75) is 27.2 Å². The standard InChI is InChI=1S/C32H29N3O2/c1-5-13-22-24-15-9-11-17-28(24)34(26(22)7-3)30-19-21(32(36)37)20-31(33-30)35-27(8-4)23(14-6-2)25-16-10-12-18-29(25)35/h5-7,9-20H,3,8H2,1-2,4H3,(H,36,37). The number of para-hydroxylation sites is 2. The van der Waals surface area contributed by atoms with Crippen LogP contribution in [0.25, 0.3) is 51.7 Å². The zero-order valence-electron chi connectivity index (χ0n) is 21.3. The van der Waals surface area contributed by atoms with Gasteiger partial charge in [0.15, 0.2) is 0 Å². The van der Waals surface area contributed by atoms with Crippen molar-refractivity contribution >= 4 is 46.0 Å². The Hall–Kier alpha value is -4.64. The van der Waals surface area contributed by atoms with E-state index in [0.29, 0.717) is 11.6 Å². The van der Waals surface area contributed by atoms with Crippen LogP contribution in [-0.2, 0) is 6.42 Å². The Bertz CT molecular complexity index is 1730. The van der Waals surface area contributed by atoms with Gasteiger partial charge in [-0.25, -0.2) is 9.78 Å². The first-order chi connectivity index (χ1) is 18.0. The summed E-state index contributed by atoms with van der Waals surface area (Å²) in [5.41, 5.74) is 6.19. The Morgan fingerprint density at radius 1 is 0.892 bits per heavy atom. The van der Waals surface area contributed by atoms with E-state index in [1.54, 1.807) is 18.2 Å². The molecule has 0 aliphatic rings. The van der Waals surface area contributed by atoms with Gasteiger partial charge in [-0.15, -0.1) is 0 Å². The number of fused-ring (bicyclic) bond motifs is 2. The molecule has 184 valence electrons. The number of benzene rings is 2. The molecule has 0 aliphatic heterocycles. The highest BCUT2D eigenvalue weighted by molar-refractivity contribution is 5.96. The minimum atomic E-state index is -1.00. The third-order valence-electron chi connectivity index (χ3n) is 6.67. The normalized spacial score (nSPS) is 11.9. The number of carbonyl (C=O) groups is 1. The van der Waals surface area contributed by atoms with Crippen LogP contribution in [0.2, 0.25) is 0 Å². The van der Waals surface area contributed by atoms with Crippen molar-refractivity contribution in [1.29, 1.82) is 0 Å². The van der Waals surface area contributed by atoms with Crippen molar-refractivity contribution in [2.24, 2.45) is 0 Å². The zero-order chi connectivity index (χ0) is 26.1. The largest absolute Gasteiger partial charge is 0.478 e. The summed E-state index contributed by atoms with van der Waals surface area (Å²) < 4.78 is 4.09. The van der Waals surface area contributed by atoms with Crippen LogP contribution in [0.1, 0.15) is 53.6 Å². The molecular weight excluding hydrogens is 458 g/mol. The summed E-state index contributed by atoms with van der Waals surface area (Å²) in [6.45, 7) is 10.2. The molecule has 0 aliphatic carbocycles. The van der Waals surface area contributed by atoms with E-state index in [2.05, 4.69) is 48.4 Å². The van der Waals surface area contributed by atoms with Gasteiger partial charge in [-0.2, -0.15) is 0 Å². The fraction of sp³-hybridized carbons (Fsp3) is 0.125. The number of hydrogen-bond donors (Lipinski definition) is 1. The molecule has 3 aromatic heterocycles. The quantitative estimate of drug-likeness (QED) is 0.253. The van der Waals surface area contributed by atoms with Gasteiger partial charge in [-0.3, -0.25) is 9.13 Å². The van der Waals surface area contributed by atoms with Gasteiger partial charge in [-0.05, 0) is 50.6 Å². The fourth-order valence-electron chi connectivity index (χ4n) is 5.21. The van der Waals surface area contributed by atoms with Crippen LogP contribution >= 0.6 is 0 Å². The molecule has 1 N–H and O–H groups in total. The number of allylic oxidation sites excluding steroid dienone is 2. The molecule has 5 rings (SSSR count). The number of carboxylic acid groups (broad SMARTS) is 1. The van der Waals surface area contributed by atoms with Crippen molar-refractivity contribution in [3.8, 4) is 11.6 Å². The van der Waals surface area contributed by atoms with Gasteiger partial charge in [0.2, 0.25) is 0 Å². The molecule has 0 unspecified atom stereocenters. The van der Waals surface area contributed by atoms with Crippen LogP contribution in [0, 0.1) is 0 Å². The van der Waals surface area contributed by atoms with E-state index in [1.807, 2.05) is 60.9 Å².